The Morgan fingerprint density at radius 2 is 2.10 bits per heavy atom. The number of hydrogen-bond donors (Lipinski definition) is 1. The Morgan fingerprint density at radius 1 is 1.38 bits per heavy atom. The maximum absolute atomic E-state index is 6.03. The first-order valence-electron chi connectivity index (χ1n) is 7.58. The van der Waals surface area contributed by atoms with E-state index in [4.69, 9.17) is 15.2 Å². The molecule has 4 nitrogen and oxygen atoms in total. The number of nitrogens with two attached hydrogens (primary N) is 1. The molecule has 2 N–H and O–H groups in total. The first-order chi connectivity index (χ1) is 10.2. The highest BCUT2D eigenvalue weighted by molar-refractivity contribution is 9.10. The molecule has 1 aliphatic heterocycles. The van der Waals surface area contributed by atoms with E-state index in [2.05, 4.69) is 39.9 Å². The molecule has 0 amide bonds. The Morgan fingerprint density at radius 3 is 2.62 bits per heavy atom. The second-order valence-electron chi connectivity index (χ2n) is 5.34. The molecular formula is C16H25BrN2O2. The lowest BCUT2D eigenvalue weighted by molar-refractivity contribution is 0.00451. The summed E-state index contributed by atoms with van der Waals surface area (Å²) >= 11 is 3.55. The topological polar surface area (TPSA) is 47.7 Å². The fourth-order valence-corrected chi connectivity index (χ4v) is 3.53. The summed E-state index contributed by atoms with van der Waals surface area (Å²) in [5, 5.41) is 0. The Labute approximate surface area is 135 Å². The Kier molecular flexibility index (Phi) is 6.48. The van der Waals surface area contributed by atoms with Gasteiger partial charge in [0.1, 0.15) is 5.75 Å². The molecule has 0 aromatic heterocycles. The van der Waals surface area contributed by atoms with Gasteiger partial charge in [0, 0.05) is 32.3 Å². The minimum absolute atomic E-state index is 0.259. The van der Waals surface area contributed by atoms with Crippen molar-refractivity contribution in [3.05, 3.63) is 28.2 Å². The zero-order valence-electron chi connectivity index (χ0n) is 12.8. The summed E-state index contributed by atoms with van der Waals surface area (Å²) in [4.78, 5) is 2.46. The fourth-order valence-electron chi connectivity index (χ4n) is 2.98. The van der Waals surface area contributed by atoms with E-state index >= 15 is 0 Å². The molecule has 2 rings (SSSR count). The zero-order valence-corrected chi connectivity index (χ0v) is 14.4. The van der Waals surface area contributed by atoms with E-state index in [0.29, 0.717) is 12.6 Å². The van der Waals surface area contributed by atoms with Crippen LogP contribution in [0, 0.1) is 0 Å². The normalized spacial score (nSPS) is 18.7. The highest BCUT2D eigenvalue weighted by Gasteiger charge is 2.25. The first-order valence-corrected chi connectivity index (χ1v) is 8.38. The van der Waals surface area contributed by atoms with E-state index in [9.17, 15) is 0 Å². The molecule has 0 saturated carbocycles. The van der Waals surface area contributed by atoms with Crippen molar-refractivity contribution in [3.8, 4) is 5.75 Å². The lowest BCUT2D eigenvalue weighted by atomic mass is 10.0. The van der Waals surface area contributed by atoms with Gasteiger partial charge < -0.3 is 15.2 Å². The molecule has 1 atom stereocenters. The number of piperidine rings is 1. The van der Waals surface area contributed by atoms with Crippen molar-refractivity contribution in [2.75, 3.05) is 33.4 Å². The van der Waals surface area contributed by atoms with Crippen LogP contribution in [0.2, 0.25) is 0 Å². The van der Waals surface area contributed by atoms with E-state index < -0.39 is 0 Å². The van der Waals surface area contributed by atoms with Gasteiger partial charge >= 0.3 is 0 Å². The summed E-state index contributed by atoms with van der Waals surface area (Å²) in [6.45, 7) is 5.56. The first kappa shape index (κ1) is 16.7. The van der Waals surface area contributed by atoms with Crippen LogP contribution in [-0.2, 0) is 4.74 Å². The highest BCUT2D eigenvalue weighted by Crippen LogP contribution is 2.31. The summed E-state index contributed by atoms with van der Waals surface area (Å²) in [5.41, 5.74) is 7.27. The molecule has 1 aliphatic rings. The maximum Gasteiger partial charge on any atom is 0.133 e. The van der Waals surface area contributed by atoms with Crippen molar-refractivity contribution in [3.63, 3.8) is 0 Å². The lowest BCUT2D eigenvalue weighted by Crippen LogP contribution is -2.41. The van der Waals surface area contributed by atoms with Crippen LogP contribution in [0.3, 0.4) is 0 Å². The molecule has 1 aromatic rings. The van der Waals surface area contributed by atoms with Gasteiger partial charge in [-0.25, -0.2) is 0 Å². The highest BCUT2D eigenvalue weighted by atomic mass is 79.9. The Hall–Kier alpha value is -0.620. The van der Waals surface area contributed by atoms with E-state index in [-0.39, 0.29) is 6.04 Å². The van der Waals surface area contributed by atoms with Crippen LogP contribution in [0.25, 0.3) is 0 Å². The number of hydrogen-bond acceptors (Lipinski definition) is 4. The number of benzene rings is 1. The second kappa shape index (κ2) is 8.13. The predicted molar refractivity (Wildman–Crippen MR) is 88.7 cm³/mol. The molecule has 21 heavy (non-hydrogen) atoms. The number of likely N-dealkylation sites (tertiary alicyclic amines) is 1. The van der Waals surface area contributed by atoms with Crippen LogP contribution >= 0.6 is 15.9 Å². The van der Waals surface area contributed by atoms with Gasteiger partial charge in [0.25, 0.3) is 0 Å². The number of methoxy groups -OCH3 is 1. The van der Waals surface area contributed by atoms with E-state index in [1.807, 2.05) is 6.07 Å². The predicted octanol–water partition coefficient (Wildman–Crippen LogP) is 2.96. The third-order valence-corrected chi connectivity index (χ3v) is 4.72. The van der Waals surface area contributed by atoms with E-state index in [1.54, 1.807) is 7.11 Å². The number of nitrogens with zero attached hydrogens (tertiary/aromatic N) is 1. The fraction of sp³-hybridized carbons (Fsp3) is 0.625. The smallest absolute Gasteiger partial charge is 0.133 e. The van der Waals surface area contributed by atoms with Crippen molar-refractivity contribution in [1.82, 2.24) is 4.90 Å². The molecule has 1 saturated heterocycles. The molecule has 0 radical (unpaired) electrons. The standard InChI is InChI=1S/C16H25BrN2O2/c1-3-21-13-6-8-19(9-7-13)15(11-18)12-4-5-16(20-2)14(17)10-12/h4-5,10,13,15H,3,6-9,11,18H2,1-2H3. The SMILES string of the molecule is CCOC1CCN(C(CN)c2ccc(OC)c(Br)c2)CC1. The van der Waals surface area contributed by atoms with E-state index in [1.165, 1.54) is 5.56 Å². The van der Waals surface area contributed by atoms with Gasteiger partial charge in [-0.2, -0.15) is 0 Å². The Balaban J connectivity index is 2.05. The van der Waals surface area contributed by atoms with Crippen LogP contribution in [0.5, 0.6) is 5.75 Å². The van der Waals surface area contributed by atoms with Gasteiger partial charge in [-0.3, -0.25) is 4.90 Å². The van der Waals surface area contributed by atoms with Gasteiger partial charge in [-0.1, -0.05) is 6.07 Å². The van der Waals surface area contributed by atoms with Gasteiger partial charge in [-0.15, -0.1) is 0 Å². The molecule has 0 aliphatic carbocycles. The third-order valence-electron chi connectivity index (χ3n) is 4.10. The minimum Gasteiger partial charge on any atom is -0.496 e. The summed E-state index contributed by atoms with van der Waals surface area (Å²) in [6, 6.07) is 6.48. The quantitative estimate of drug-likeness (QED) is 0.851. The van der Waals surface area contributed by atoms with Gasteiger partial charge in [0.15, 0.2) is 0 Å². The Bertz CT molecular complexity index is 448. The van der Waals surface area contributed by atoms with Crippen molar-refractivity contribution < 1.29 is 9.47 Å². The zero-order chi connectivity index (χ0) is 15.2. The summed E-state index contributed by atoms with van der Waals surface area (Å²) < 4.78 is 12.0. The molecule has 118 valence electrons. The summed E-state index contributed by atoms with van der Waals surface area (Å²) in [7, 11) is 1.68. The second-order valence-corrected chi connectivity index (χ2v) is 6.19. The lowest BCUT2D eigenvalue weighted by Gasteiger charge is -2.37. The van der Waals surface area contributed by atoms with E-state index in [0.717, 1.165) is 42.8 Å². The number of rotatable bonds is 6. The van der Waals surface area contributed by atoms with Gasteiger partial charge in [0.2, 0.25) is 0 Å². The molecule has 1 aromatic carbocycles. The number of ether oxygens (including phenoxy) is 2. The number of halogens is 1. The maximum atomic E-state index is 6.03. The van der Waals surface area contributed by atoms with Crippen LogP contribution < -0.4 is 10.5 Å². The van der Waals surface area contributed by atoms with Crippen LogP contribution in [-0.4, -0.2) is 44.4 Å². The van der Waals surface area contributed by atoms with Crippen LogP contribution in [0.15, 0.2) is 22.7 Å². The molecule has 0 spiro atoms. The molecule has 5 heteroatoms. The van der Waals surface area contributed by atoms with Crippen molar-refractivity contribution >= 4 is 15.9 Å². The monoisotopic (exact) mass is 356 g/mol. The molecule has 1 unspecified atom stereocenters. The van der Waals surface area contributed by atoms with Crippen molar-refractivity contribution in [2.24, 2.45) is 5.73 Å². The molecule has 0 bridgehead atoms. The third kappa shape index (κ3) is 4.19. The minimum atomic E-state index is 0.259. The average Bonchev–Trinajstić information content (AvgIpc) is 2.50. The van der Waals surface area contributed by atoms with Crippen LogP contribution in [0.4, 0.5) is 0 Å². The van der Waals surface area contributed by atoms with Gasteiger partial charge in [0.05, 0.1) is 17.7 Å². The summed E-state index contributed by atoms with van der Waals surface area (Å²) in [6.07, 6.45) is 2.58. The van der Waals surface area contributed by atoms with Gasteiger partial charge in [-0.05, 0) is 53.4 Å². The molecular weight excluding hydrogens is 332 g/mol. The summed E-state index contributed by atoms with van der Waals surface area (Å²) in [5.74, 6) is 0.851. The molecule has 1 heterocycles. The average molecular weight is 357 g/mol. The largest absolute Gasteiger partial charge is 0.496 e. The van der Waals surface area contributed by atoms with Crippen LogP contribution in [0.1, 0.15) is 31.4 Å². The van der Waals surface area contributed by atoms with Crippen molar-refractivity contribution in [1.29, 1.82) is 0 Å². The van der Waals surface area contributed by atoms with Crippen molar-refractivity contribution in [2.45, 2.75) is 31.9 Å². The molecule has 1 fully saturated rings.